The minimum atomic E-state index is 0.421. The van der Waals surface area contributed by atoms with Gasteiger partial charge in [-0.2, -0.15) is 0 Å². The van der Waals surface area contributed by atoms with Crippen LogP contribution >= 0.6 is 0 Å². The fraction of sp³-hybridized carbons (Fsp3) is 0.182. The quantitative estimate of drug-likeness (QED) is 0.483. The van der Waals surface area contributed by atoms with Crippen LogP contribution in [0.3, 0.4) is 0 Å². The molecule has 0 saturated heterocycles. The van der Waals surface area contributed by atoms with E-state index in [9.17, 15) is 0 Å². The third kappa shape index (κ3) is 4.54. The first kappa shape index (κ1) is 19.4. The molecular formula is C22H22N6O2. The topological polar surface area (TPSA) is 87.0 Å². The summed E-state index contributed by atoms with van der Waals surface area (Å²) in [6.07, 6.45) is 8.75. The van der Waals surface area contributed by atoms with E-state index in [2.05, 4.69) is 25.5 Å². The Bertz CT molecular complexity index is 1110. The lowest BCUT2D eigenvalue weighted by molar-refractivity contribution is 0.284. The van der Waals surface area contributed by atoms with E-state index in [-0.39, 0.29) is 0 Å². The fourth-order valence-corrected chi connectivity index (χ4v) is 3.00. The summed E-state index contributed by atoms with van der Waals surface area (Å²) in [5.41, 5.74) is 3.84. The van der Waals surface area contributed by atoms with Gasteiger partial charge in [-0.3, -0.25) is 9.97 Å². The molecule has 0 aliphatic rings. The lowest BCUT2D eigenvalue weighted by Gasteiger charge is -2.13. The number of rotatable bonds is 8. The molecule has 0 unspecified atom stereocenters. The van der Waals surface area contributed by atoms with E-state index >= 15 is 0 Å². The van der Waals surface area contributed by atoms with Crippen molar-refractivity contribution in [1.29, 1.82) is 0 Å². The van der Waals surface area contributed by atoms with Gasteiger partial charge in [0.1, 0.15) is 12.9 Å². The van der Waals surface area contributed by atoms with Gasteiger partial charge in [0.25, 0.3) is 0 Å². The van der Waals surface area contributed by atoms with Gasteiger partial charge in [-0.15, -0.1) is 10.2 Å². The van der Waals surface area contributed by atoms with Gasteiger partial charge in [0.15, 0.2) is 17.3 Å². The summed E-state index contributed by atoms with van der Waals surface area (Å²) in [6, 6.07) is 11.7. The van der Waals surface area contributed by atoms with Gasteiger partial charge >= 0.3 is 0 Å². The Morgan fingerprint density at radius 1 is 1.00 bits per heavy atom. The van der Waals surface area contributed by atoms with E-state index in [1.54, 1.807) is 38.2 Å². The first-order chi connectivity index (χ1) is 14.7. The van der Waals surface area contributed by atoms with E-state index in [0.29, 0.717) is 24.7 Å². The van der Waals surface area contributed by atoms with Crippen LogP contribution in [0.15, 0.2) is 67.5 Å². The smallest absolute Gasteiger partial charge is 0.165 e. The molecule has 4 aromatic rings. The first-order valence-corrected chi connectivity index (χ1v) is 9.45. The molecule has 3 aromatic heterocycles. The van der Waals surface area contributed by atoms with Crippen LogP contribution in [0.1, 0.15) is 11.1 Å². The summed E-state index contributed by atoms with van der Waals surface area (Å²) in [5, 5.41) is 11.4. The molecule has 0 radical (unpaired) electrons. The maximum Gasteiger partial charge on any atom is 0.165 e. The van der Waals surface area contributed by atoms with Gasteiger partial charge in [0.2, 0.25) is 0 Å². The lowest BCUT2D eigenvalue weighted by Crippen LogP contribution is -2.03. The molecule has 0 bridgehead atoms. The molecule has 0 amide bonds. The zero-order valence-corrected chi connectivity index (χ0v) is 16.8. The van der Waals surface area contributed by atoms with Crippen molar-refractivity contribution in [2.45, 2.75) is 13.2 Å². The molecule has 30 heavy (non-hydrogen) atoms. The number of aryl methyl sites for hydroxylation is 1. The van der Waals surface area contributed by atoms with Gasteiger partial charge in [-0.05, 0) is 29.8 Å². The maximum absolute atomic E-state index is 5.96. The van der Waals surface area contributed by atoms with Gasteiger partial charge < -0.3 is 19.4 Å². The summed E-state index contributed by atoms with van der Waals surface area (Å²) in [7, 11) is 3.54. The number of hydrogen-bond acceptors (Lipinski definition) is 7. The molecule has 0 spiro atoms. The second-order valence-electron chi connectivity index (χ2n) is 6.72. The Labute approximate surface area is 174 Å². The third-order valence-corrected chi connectivity index (χ3v) is 4.55. The number of nitrogens with one attached hydrogen (secondary N) is 1. The molecule has 8 nitrogen and oxygen atoms in total. The van der Waals surface area contributed by atoms with Crippen molar-refractivity contribution in [3.8, 4) is 22.9 Å². The van der Waals surface area contributed by atoms with Gasteiger partial charge in [0.05, 0.1) is 12.8 Å². The van der Waals surface area contributed by atoms with Gasteiger partial charge in [-0.25, -0.2) is 0 Å². The fourth-order valence-electron chi connectivity index (χ4n) is 3.00. The SMILES string of the molecule is COc1ccc(CNc2cncc(-c3nncn3C)c2)cc1OCc1cccnc1. The standard InChI is InChI=1S/C22H22N6O2/c1-28-15-26-27-22(28)18-9-19(13-24-12-18)25-11-16-5-6-20(29-2)21(8-16)30-14-17-4-3-7-23-10-17/h3-10,12-13,15,25H,11,14H2,1-2H3. The van der Waals surface area contributed by atoms with Crippen molar-refractivity contribution >= 4 is 5.69 Å². The molecule has 8 heteroatoms. The highest BCUT2D eigenvalue weighted by Gasteiger charge is 2.08. The summed E-state index contributed by atoms with van der Waals surface area (Å²) in [5.74, 6) is 2.14. The number of methoxy groups -OCH3 is 1. The lowest BCUT2D eigenvalue weighted by atomic mass is 10.2. The molecule has 1 N–H and O–H groups in total. The van der Waals surface area contributed by atoms with E-state index in [1.165, 1.54) is 0 Å². The van der Waals surface area contributed by atoms with Crippen LogP contribution in [0, 0.1) is 0 Å². The molecule has 0 saturated carbocycles. The van der Waals surface area contributed by atoms with Crippen LogP contribution in [-0.4, -0.2) is 31.8 Å². The molecule has 0 aliphatic heterocycles. The van der Waals surface area contributed by atoms with E-state index in [1.807, 2.05) is 48.0 Å². The number of pyridine rings is 2. The van der Waals surface area contributed by atoms with Crippen LogP contribution in [0.2, 0.25) is 0 Å². The number of ether oxygens (including phenoxy) is 2. The van der Waals surface area contributed by atoms with Crippen molar-refractivity contribution < 1.29 is 9.47 Å². The highest BCUT2D eigenvalue weighted by Crippen LogP contribution is 2.29. The molecule has 0 atom stereocenters. The second-order valence-corrected chi connectivity index (χ2v) is 6.72. The van der Waals surface area contributed by atoms with Crippen molar-refractivity contribution in [3.63, 3.8) is 0 Å². The van der Waals surface area contributed by atoms with Gasteiger partial charge in [0, 0.05) is 49.5 Å². The molecule has 0 fully saturated rings. The Hall–Kier alpha value is -3.94. The van der Waals surface area contributed by atoms with Crippen molar-refractivity contribution in [2.75, 3.05) is 12.4 Å². The van der Waals surface area contributed by atoms with Crippen molar-refractivity contribution in [3.05, 3.63) is 78.6 Å². The molecule has 152 valence electrons. The van der Waals surface area contributed by atoms with Crippen LogP contribution in [0.25, 0.3) is 11.4 Å². The summed E-state index contributed by atoms with van der Waals surface area (Å²) in [4.78, 5) is 8.42. The predicted molar refractivity (Wildman–Crippen MR) is 113 cm³/mol. The zero-order valence-electron chi connectivity index (χ0n) is 16.8. The molecule has 1 aromatic carbocycles. The van der Waals surface area contributed by atoms with E-state index in [0.717, 1.165) is 28.2 Å². The molecule has 0 aliphatic carbocycles. The highest BCUT2D eigenvalue weighted by atomic mass is 16.5. The number of hydrogen-bond donors (Lipinski definition) is 1. The third-order valence-electron chi connectivity index (χ3n) is 4.55. The summed E-state index contributed by atoms with van der Waals surface area (Å²) in [6.45, 7) is 1.03. The monoisotopic (exact) mass is 402 g/mol. The summed E-state index contributed by atoms with van der Waals surface area (Å²) >= 11 is 0. The number of benzene rings is 1. The Morgan fingerprint density at radius 2 is 1.93 bits per heavy atom. The maximum atomic E-state index is 5.96. The van der Waals surface area contributed by atoms with Crippen LogP contribution in [0.4, 0.5) is 5.69 Å². The predicted octanol–water partition coefficient (Wildman–Crippen LogP) is 3.47. The minimum Gasteiger partial charge on any atom is -0.493 e. The highest BCUT2D eigenvalue weighted by molar-refractivity contribution is 5.60. The van der Waals surface area contributed by atoms with E-state index in [4.69, 9.17) is 9.47 Å². The summed E-state index contributed by atoms with van der Waals surface area (Å²) < 4.78 is 13.3. The Kier molecular flexibility index (Phi) is 5.84. The average Bonchev–Trinajstić information content (AvgIpc) is 3.23. The van der Waals surface area contributed by atoms with Crippen molar-refractivity contribution in [1.82, 2.24) is 24.7 Å². The van der Waals surface area contributed by atoms with Crippen LogP contribution in [-0.2, 0) is 20.2 Å². The van der Waals surface area contributed by atoms with Crippen LogP contribution in [0.5, 0.6) is 11.5 Å². The molecule has 4 rings (SSSR count). The Morgan fingerprint density at radius 3 is 2.70 bits per heavy atom. The van der Waals surface area contributed by atoms with Crippen LogP contribution < -0.4 is 14.8 Å². The Balaban J connectivity index is 1.45. The van der Waals surface area contributed by atoms with Gasteiger partial charge in [-0.1, -0.05) is 12.1 Å². The number of anilines is 1. The largest absolute Gasteiger partial charge is 0.493 e. The van der Waals surface area contributed by atoms with E-state index < -0.39 is 0 Å². The number of nitrogens with zero attached hydrogens (tertiary/aromatic N) is 5. The normalized spacial score (nSPS) is 10.6. The minimum absolute atomic E-state index is 0.421. The molecule has 3 heterocycles. The second kappa shape index (κ2) is 9.04. The first-order valence-electron chi connectivity index (χ1n) is 9.45. The zero-order chi connectivity index (χ0) is 20.8. The average molecular weight is 402 g/mol. The van der Waals surface area contributed by atoms with Crippen molar-refractivity contribution in [2.24, 2.45) is 7.05 Å². The number of aromatic nitrogens is 5. The molecular weight excluding hydrogens is 380 g/mol.